The van der Waals surface area contributed by atoms with Crippen molar-refractivity contribution in [1.29, 1.82) is 0 Å². The fourth-order valence-electron chi connectivity index (χ4n) is 3.06. The van der Waals surface area contributed by atoms with E-state index in [0.29, 0.717) is 17.6 Å². The van der Waals surface area contributed by atoms with E-state index >= 15 is 0 Å². The van der Waals surface area contributed by atoms with Gasteiger partial charge in [-0.05, 0) is 51.0 Å². The molecule has 0 radical (unpaired) electrons. The maximum absolute atomic E-state index is 12.4. The van der Waals surface area contributed by atoms with Crippen molar-refractivity contribution in [3.63, 3.8) is 0 Å². The number of Topliss-reactive ketones (excluding diaryl/α,β-unsaturated/α-hetero) is 1. The van der Waals surface area contributed by atoms with Gasteiger partial charge in [0.05, 0.1) is 5.69 Å². The van der Waals surface area contributed by atoms with Crippen LogP contribution in [-0.2, 0) is 17.8 Å². The Morgan fingerprint density at radius 1 is 1.42 bits per heavy atom. The number of hydrogen-bond donors (Lipinski definition) is 0. The summed E-state index contributed by atoms with van der Waals surface area (Å²) in [6.07, 6.45) is 5.03. The van der Waals surface area contributed by atoms with E-state index < -0.39 is 0 Å². The lowest BCUT2D eigenvalue weighted by atomic mass is 9.71. The molecule has 2 rings (SSSR count). The predicted octanol–water partition coefficient (Wildman–Crippen LogP) is 3.54. The van der Waals surface area contributed by atoms with Gasteiger partial charge in [-0.25, -0.2) is 0 Å². The third-order valence-corrected chi connectivity index (χ3v) is 4.43. The van der Waals surface area contributed by atoms with Gasteiger partial charge in [0.25, 0.3) is 0 Å². The molecule has 3 heteroatoms. The molecule has 0 aromatic carbocycles. The zero-order valence-electron chi connectivity index (χ0n) is 12.7. The minimum Gasteiger partial charge on any atom is -0.299 e. The van der Waals surface area contributed by atoms with E-state index in [1.807, 2.05) is 17.7 Å². The average molecular weight is 262 g/mol. The van der Waals surface area contributed by atoms with Crippen LogP contribution in [0.2, 0.25) is 0 Å². The molecule has 1 aliphatic rings. The van der Waals surface area contributed by atoms with E-state index in [1.165, 1.54) is 12.8 Å². The highest BCUT2D eigenvalue weighted by molar-refractivity contribution is 5.83. The number of rotatable bonds is 4. The lowest BCUT2D eigenvalue weighted by Gasteiger charge is -2.33. The highest BCUT2D eigenvalue weighted by atomic mass is 16.1. The molecule has 0 amide bonds. The number of aryl methyl sites for hydroxylation is 2. The average Bonchev–Trinajstić information content (AvgIpc) is 2.69. The molecule has 1 aromatic rings. The standard InChI is InChI=1S/C16H26N2O/c1-5-18-14(10-12(2)17-18)11-15(19)13-6-8-16(3,4)9-7-13/h10,13H,5-9,11H2,1-4H3. The molecule has 0 atom stereocenters. The van der Waals surface area contributed by atoms with Crippen LogP contribution in [0.3, 0.4) is 0 Å². The van der Waals surface area contributed by atoms with Crippen LogP contribution in [0.5, 0.6) is 0 Å². The summed E-state index contributed by atoms with van der Waals surface area (Å²) < 4.78 is 1.96. The first kappa shape index (κ1) is 14.3. The summed E-state index contributed by atoms with van der Waals surface area (Å²) in [6.45, 7) is 9.52. The number of carbonyl (C=O) groups excluding carboxylic acids is 1. The van der Waals surface area contributed by atoms with Crippen LogP contribution in [0, 0.1) is 18.3 Å². The Hall–Kier alpha value is -1.12. The van der Waals surface area contributed by atoms with Gasteiger partial charge >= 0.3 is 0 Å². The molecular weight excluding hydrogens is 236 g/mol. The molecule has 0 spiro atoms. The number of nitrogens with zero attached hydrogens (tertiary/aromatic N) is 2. The lowest BCUT2D eigenvalue weighted by Crippen LogP contribution is -2.27. The van der Waals surface area contributed by atoms with Crippen LogP contribution in [0.15, 0.2) is 6.07 Å². The van der Waals surface area contributed by atoms with E-state index in [0.717, 1.165) is 30.8 Å². The molecule has 1 heterocycles. The molecule has 0 saturated heterocycles. The molecule has 1 aromatic heterocycles. The molecule has 3 nitrogen and oxygen atoms in total. The molecule has 19 heavy (non-hydrogen) atoms. The molecule has 1 saturated carbocycles. The summed E-state index contributed by atoms with van der Waals surface area (Å²) >= 11 is 0. The van der Waals surface area contributed by atoms with Gasteiger partial charge in [0.2, 0.25) is 0 Å². The van der Waals surface area contributed by atoms with Crippen molar-refractivity contribution in [2.45, 2.75) is 66.3 Å². The molecule has 0 unspecified atom stereocenters. The van der Waals surface area contributed by atoms with E-state index in [-0.39, 0.29) is 5.92 Å². The molecule has 106 valence electrons. The second-order valence-corrected chi connectivity index (χ2v) is 6.67. The first-order valence-corrected chi connectivity index (χ1v) is 7.47. The summed E-state index contributed by atoms with van der Waals surface area (Å²) in [5.74, 6) is 0.679. The Bertz CT molecular complexity index is 449. The van der Waals surface area contributed by atoms with E-state index in [2.05, 4.69) is 25.9 Å². The molecule has 0 aliphatic heterocycles. The quantitative estimate of drug-likeness (QED) is 0.832. The maximum Gasteiger partial charge on any atom is 0.141 e. The van der Waals surface area contributed by atoms with Gasteiger partial charge in [-0.1, -0.05) is 13.8 Å². The van der Waals surface area contributed by atoms with Crippen molar-refractivity contribution in [1.82, 2.24) is 9.78 Å². The minimum absolute atomic E-state index is 0.272. The summed E-state index contributed by atoms with van der Waals surface area (Å²) in [4.78, 5) is 12.4. The molecule has 1 fully saturated rings. The largest absolute Gasteiger partial charge is 0.299 e. The van der Waals surface area contributed by atoms with Crippen LogP contribution in [0.1, 0.15) is 57.8 Å². The van der Waals surface area contributed by atoms with Crippen molar-refractivity contribution < 1.29 is 4.79 Å². The third-order valence-electron chi connectivity index (χ3n) is 4.43. The first-order valence-electron chi connectivity index (χ1n) is 7.47. The van der Waals surface area contributed by atoms with Gasteiger partial charge in [0.1, 0.15) is 5.78 Å². The zero-order chi connectivity index (χ0) is 14.0. The SMILES string of the molecule is CCn1nc(C)cc1CC(=O)C1CCC(C)(C)CC1. The number of hydrogen-bond acceptors (Lipinski definition) is 2. The van der Waals surface area contributed by atoms with Gasteiger partial charge in [0.15, 0.2) is 0 Å². The number of carbonyl (C=O) groups is 1. The first-order chi connectivity index (χ1) is 8.91. The molecule has 0 bridgehead atoms. The predicted molar refractivity (Wildman–Crippen MR) is 77.1 cm³/mol. The van der Waals surface area contributed by atoms with Gasteiger partial charge < -0.3 is 0 Å². The Kier molecular flexibility index (Phi) is 4.12. The Morgan fingerprint density at radius 3 is 2.63 bits per heavy atom. The van der Waals surface area contributed by atoms with Crippen molar-refractivity contribution in [2.24, 2.45) is 11.3 Å². The van der Waals surface area contributed by atoms with Gasteiger partial charge in [0, 0.05) is 24.6 Å². The second-order valence-electron chi connectivity index (χ2n) is 6.67. The van der Waals surface area contributed by atoms with Gasteiger partial charge in [-0.2, -0.15) is 5.10 Å². The lowest BCUT2D eigenvalue weighted by molar-refractivity contribution is -0.123. The smallest absolute Gasteiger partial charge is 0.141 e. The van der Waals surface area contributed by atoms with E-state index in [4.69, 9.17) is 0 Å². The zero-order valence-corrected chi connectivity index (χ0v) is 12.7. The summed E-state index contributed by atoms with van der Waals surface area (Å²) in [6, 6.07) is 2.05. The number of ketones is 1. The Balaban J connectivity index is 1.98. The van der Waals surface area contributed by atoms with Crippen molar-refractivity contribution in [3.05, 3.63) is 17.5 Å². The summed E-state index contributed by atoms with van der Waals surface area (Å²) in [5.41, 5.74) is 2.52. The second kappa shape index (κ2) is 5.48. The fraction of sp³-hybridized carbons (Fsp3) is 0.750. The van der Waals surface area contributed by atoms with Gasteiger partial charge in [-0.3, -0.25) is 9.48 Å². The minimum atomic E-state index is 0.272. The Morgan fingerprint density at radius 2 is 2.05 bits per heavy atom. The monoisotopic (exact) mass is 262 g/mol. The molecule has 1 aliphatic carbocycles. The normalized spacial score (nSPS) is 19.6. The van der Waals surface area contributed by atoms with E-state index in [9.17, 15) is 4.79 Å². The molecular formula is C16H26N2O. The molecule has 0 N–H and O–H groups in total. The van der Waals surface area contributed by atoms with Gasteiger partial charge in [-0.15, -0.1) is 0 Å². The summed E-state index contributed by atoms with van der Waals surface area (Å²) in [7, 11) is 0. The maximum atomic E-state index is 12.4. The van der Waals surface area contributed by atoms with Crippen LogP contribution < -0.4 is 0 Å². The van der Waals surface area contributed by atoms with Crippen LogP contribution >= 0.6 is 0 Å². The van der Waals surface area contributed by atoms with Crippen LogP contribution in [0.25, 0.3) is 0 Å². The summed E-state index contributed by atoms with van der Waals surface area (Å²) in [5, 5.41) is 4.41. The third kappa shape index (κ3) is 3.46. The van der Waals surface area contributed by atoms with E-state index in [1.54, 1.807) is 0 Å². The van der Waals surface area contributed by atoms with Crippen molar-refractivity contribution >= 4 is 5.78 Å². The number of aromatic nitrogens is 2. The van der Waals surface area contributed by atoms with Crippen molar-refractivity contribution in [2.75, 3.05) is 0 Å². The van der Waals surface area contributed by atoms with Crippen molar-refractivity contribution in [3.8, 4) is 0 Å². The Labute approximate surface area is 116 Å². The van der Waals surface area contributed by atoms with Crippen LogP contribution in [-0.4, -0.2) is 15.6 Å². The highest BCUT2D eigenvalue weighted by Gasteiger charge is 2.30. The topological polar surface area (TPSA) is 34.9 Å². The highest BCUT2D eigenvalue weighted by Crippen LogP contribution is 2.38. The fourth-order valence-corrected chi connectivity index (χ4v) is 3.06. The van der Waals surface area contributed by atoms with Crippen LogP contribution in [0.4, 0.5) is 0 Å².